The second kappa shape index (κ2) is 8.89. The summed E-state index contributed by atoms with van der Waals surface area (Å²) in [5, 5.41) is 6.68. The Balaban J connectivity index is 2.54. The van der Waals surface area contributed by atoms with E-state index in [9.17, 15) is 0 Å². The van der Waals surface area contributed by atoms with Crippen molar-refractivity contribution in [3.8, 4) is 0 Å². The average molecular weight is 281 g/mol. The molecule has 0 aliphatic heterocycles. The summed E-state index contributed by atoms with van der Waals surface area (Å²) in [7, 11) is 3.36. The maximum Gasteiger partial charge on any atom is 0.126 e. The largest absolute Gasteiger partial charge is 0.382 e. The van der Waals surface area contributed by atoms with E-state index in [0.29, 0.717) is 19.2 Å². The van der Waals surface area contributed by atoms with Crippen LogP contribution in [0.3, 0.4) is 0 Å². The SMILES string of the molecule is COCC(CNc1ccc(CNC(C)C)c(C)n1)OC. The van der Waals surface area contributed by atoms with Crippen LogP contribution in [0.15, 0.2) is 12.1 Å². The van der Waals surface area contributed by atoms with E-state index in [1.807, 2.05) is 13.0 Å². The molecule has 0 radical (unpaired) electrons. The van der Waals surface area contributed by atoms with Gasteiger partial charge in [-0.2, -0.15) is 0 Å². The van der Waals surface area contributed by atoms with Crippen molar-refractivity contribution in [2.45, 2.75) is 39.5 Å². The summed E-state index contributed by atoms with van der Waals surface area (Å²) in [5.74, 6) is 0.869. The first kappa shape index (κ1) is 16.9. The first-order valence-corrected chi connectivity index (χ1v) is 7.02. The van der Waals surface area contributed by atoms with Gasteiger partial charge in [-0.1, -0.05) is 19.9 Å². The molecule has 1 aromatic heterocycles. The Morgan fingerprint density at radius 3 is 2.55 bits per heavy atom. The minimum atomic E-state index is 0.0318. The summed E-state index contributed by atoms with van der Waals surface area (Å²) >= 11 is 0. The fraction of sp³-hybridized carbons (Fsp3) is 0.667. The van der Waals surface area contributed by atoms with Crippen molar-refractivity contribution >= 4 is 5.82 Å². The second-order valence-electron chi connectivity index (χ2n) is 5.17. The number of aromatic nitrogens is 1. The van der Waals surface area contributed by atoms with Gasteiger partial charge in [-0.25, -0.2) is 4.98 Å². The molecular formula is C15H27N3O2. The minimum Gasteiger partial charge on any atom is -0.382 e. The summed E-state index contributed by atoms with van der Waals surface area (Å²) in [4.78, 5) is 4.57. The highest BCUT2D eigenvalue weighted by atomic mass is 16.5. The van der Waals surface area contributed by atoms with Gasteiger partial charge in [0.2, 0.25) is 0 Å². The smallest absolute Gasteiger partial charge is 0.126 e. The second-order valence-corrected chi connectivity index (χ2v) is 5.17. The molecule has 2 N–H and O–H groups in total. The Hall–Kier alpha value is -1.17. The first-order chi connectivity index (χ1) is 9.56. The van der Waals surface area contributed by atoms with Gasteiger partial charge in [0, 0.05) is 39.0 Å². The van der Waals surface area contributed by atoms with E-state index >= 15 is 0 Å². The monoisotopic (exact) mass is 281 g/mol. The van der Waals surface area contributed by atoms with Gasteiger partial charge in [0.15, 0.2) is 0 Å². The molecule has 0 amide bonds. The number of rotatable bonds is 9. The van der Waals surface area contributed by atoms with E-state index in [1.165, 1.54) is 5.56 Å². The highest BCUT2D eigenvalue weighted by Crippen LogP contribution is 2.11. The molecule has 0 bridgehead atoms. The van der Waals surface area contributed by atoms with Crippen molar-refractivity contribution in [1.29, 1.82) is 0 Å². The zero-order valence-corrected chi connectivity index (χ0v) is 13.2. The van der Waals surface area contributed by atoms with Crippen LogP contribution in [0.4, 0.5) is 5.82 Å². The minimum absolute atomic E-state index is 0.0318. The van der Waals surface area contributed by atoms with E-state index in [0.717, 1.165) is 18.1 Å². The Morgan fingerprint density at radius 2 is 2.00 bits per heavy atom. The molecule has 0 aliphatic rings. The average Bonchev–Trinajstić information content (AvgIpc) is 2.42. The molecule has 0 saturated carbocycles. The molecular weight excluding hydrogens is 254 g/mol. The molecule has 1 heterocycles. The summed E-state index contributed by atoms with van der Waals surface area (Å²) in [5.41, 5.74) is 2.27. The highest BCUT2D eigenvalue weighted by Gasteiger charge is 2.08. The van der Waals surface area contributed by atoms with E-state index in [-0.39, 0.29) is 6.10 Å². The quantitative estimate of drug-likeness (QED) is 0.725. The summed E-state index contributed by atoms with van der Waals surface area (Å²) in [6, 6.07) is 4.59. The van der Waals surface area contributed by atoms with Crippen LogP contribution in [0, 0.1) is 6.92 Å². The lowest BCUT2D eigenvalue weighted by atomic mass is 10.2. The van der Waals surface area contributed by atoms with Gasteiger partial charge >= 0.3 is 0 Å². The maximum absolute atomic E-state index is 5.31. The standard InChI is InChI=1S/C15H27N3O2/c1-11(2)16-8-13-6-7-15(18-12(13)3)17-9-14(20-5)10-19-4/h6-7,11,14,16H,8-10H2,1-5H3,(H,17,18). The third kappa shape index (κ3) is 5.86. The van der Waals surface area contributed by atoms with Gasteiger partial charge in [-0.3, -0.25) is 0 Å². The molecule has 1 rings (SSSR count). The number of anilines is 1. The van der Waals surface area contributed by atoms with Crippen LogP contribution in [0.25, 0.3) is 0 Å². The summed E-state index contributed by atoms with van der Waals surface area (Å²) < 4.78 is 10.4. The number of hydrogen-bond acceptors (Lipinski definition) is 5. The van der Waals surface area contributed by atoms with E-state index < -0.39 is 0 Å². The lowest BCUT2D eigenvalue weighted by Gasteiger charge is -2.16. The molecule has 0 spiro atoms. The van der Waals surface area contributed by atoms with Gasteiger partial charge in [0.1, 0.15) is 5.82 Å². The molecule has 0 fully saturated rings. The fourth-order valence-corrected chi connectivity index (χ4v) is 1.80. The molecule has 5 heteroatoms. The van der Waals surface area contributed by atoms with Crippen molar-refractivity contribution in [2.75, 3.05) is 32.7 Å². The molecule has 0 aliphatic carbocycles. The van der Waals surface area contributed by atoms with Gasteiger partial charge in [0.25, 0.3) is 0 Å². The van der Waals surface area contributed by atoms with Crippen LogP contribution in [-0.4, -0.2) is 44.5 Å². The molecule has 114 valence electrons. The zero-order valence-electron chi connectivity index (χ0n) is 13.2. The number of aryl methyl sites for hydroxylation is 1. The van der Waals surface area contributed by atoms with Gasteiger partial charge in [-0.15, -0.1) is 0 Å². The van der Waals surface area contributed by atoms with Crippen LogP contribution in [0.2, 0.25) is 0 Å². The van der Waals surface area contributed by atoms with Crippen molar-refractivity contribution < 1.29 is 9.47 Å². The lowest BCUT2D eigenvalue weighted by molar-refractivity contribution is 0.0365. The van der Waals surface area contributed by atoms with Crippen LogP contribution >= 0.6 is 0 Å². The Morgan fingerprint density at radius 1 is 1.25 bits per heavy atom. The summed E-state index contributed by atoms with van der Waals surface area (Å²) in [6.07, 6.45) is 0.0318. The van der Waals surface area contributed by atoms with Gasteiger partial charge in [0.05, 0.1) is 12.7 Å². The lowest BCUT2D eigenvalue weighted by Crippen LogP contribution is -2.27. The van der Waals surface area contributed by atoms with E-state index in [2.05, 4.69) is 35.5 Å². The Bertz CT molecular complexity index is 397. The number of nitrogens with one attached hydrogen (secondary N) is 2. The highest BCUT2D eigenvalue weighted by molar-refractivity contribution is 5.38. The Labute approximate surface area is 122 Å². The first-order valence-electron chi connectivity index (χ1n) is 7.02. The number of hydrogen-bond donors (Lipinski definition) is 2. The van der Waals surface area contributed by atoms with Crippen molar-refractivity contribution in [1.82, 2.24) is 10.3 Å². The van der Waals surface area contributed by atoms with Crippen LogP contribution in [-0.2, 0) is 16.0 Å². The molecule has 1 aromatic rings. The number of methoxy groups -OCH3 is 2. The van der Waals surface area contributed by atoms with Gasteiger partial charge in [-0.05, 0) is 18.6 Å². The molecule has 0 aromatic carbocycles. The van der Waals surface area contributed by atoms with Crippen LogP contribution in [0.1, 0.15) is 25.1 Å². The third-order valence-corrected chi connectivity index (χ3v) is 3.09. The zero-order chi connectivity index (χ0) is 15.0. The number of nitrogens with zero attached hydrogens (tertiary/aromatic N) is 1. The number of ether oxygens (including phenoxy) is 2. The Kier molecular flexibility index (Phi) is 7.51. The number of pyridine rings is 1. The molecule has 20 heavy (non-hydrogen) atoms. The van der Waals surface area contributed by atoms with Crippen molar-refractivity contribution in [2.24, 2.45) is 0 Å². The van der Waals surface area contributed by atoms with E-state index in [4.69, 9.17) is 9.47 Å². The van der Waals surface area contributed by atoms with Crippen LogP contribution in [0.5, 0.6) is 0 Å². The van der Waals surface area contributed by atoms with Gasteiger partial charge < -0.3 is 20.1 Å². The van der Waals surface area contributed by atoms with Crippen molar-refractivity contribution in [3.63, 3.8) is 0 Å². The third-order valence-electron chi connectivity index (χ3n) is 3.09. The normalized spacial score (nSPS) is 12.7. The fourth-order valence-electron chi connectivity index (χ4n) is 1.80. The molecule has 1 unspecified atom stereocenters. The summed E-state index contributed by atoms with van der Waals surface area (Å²) in [6.45, 7) is 8.41. The predicted molar refractivity (Wildman–Crippen MR) is 82.1 cm³/mol. The molecule has 0 saturated heterocycles. The van der Waals surface area contributed by atoms with E-state index in [1.54, 1.807) is 14.2 Å². The maximum atomic E-state index is 5.31. The molecule has 1 atom stereocenters. The van der Waals surface area contributed by atoms with Crippen LogP contribution < -0.4 is 10.6 Å². The topological polar surface area (TPSA) is 55.4 Å². The molecule has 5 nitrogen and oxygen atoms in total. The predicted octanol–water partition coefficient (Wildman–Crippen LogP) is 1.96. The van der Waals surface area contributed by atoms with Crippen molar-refractivity contribution in [3.05, 3.63) is 23.4 Å².